The molecular weight excluding hydrogens is 611 g/mol. The maximum atomic E-state index is 12.9. The van der Waals surface area contributed by atoms with Gasteiger partial charge < -0.3 is 13.9 Å². The first-order valence-corrected chi connectivity index (χ1v) is 12.1. The first kappa shape index (κ1) is 30.1. The fraction of sp³-hybridized carbons (Fsp3) is 0.111. The van der Waals surface area contributed by atoms with Crippen molar-refractivity contribution < 1.29 is 49.0 Å². The van der Waals surface area contributed by atoms with Crippen molar-refractivity contribution in [1.29, 1.82) is 0 Å². The number of ether oxygens (including phenoxy) is 2. The quantitative estimate of drug-likeness (QED) is 0.188. The molecule has 0 aliphatic carbocycles. The van der Waals surface area contributed by atoms with E-state index in [0.29, 0.717) is 33.2 Å². The van der Waals surface area contributed by atoms with Crippen molar-refractivity contribution in [3.63, 3.8) is 0 Å². The molecule has 44 heavy (non-hydrogen) atoms. The van der Waals surface area contributed by atoms with Crippen molar-refractivity contribution in [2.45, 2.75) is 18.9 Å². The Morgan fingerprint density at radius 1 is 0.568 bits per heavy atom. The maximum absolute atomic E-state index is 12.9. The van der Waals surface area contributed by atoms with Gasteiger partial charge in [-0.1, -0.05) is 0 Å². The number of aromatic nitrogens is 6. The first-order chi connectivity index (χ1) is 20.6. The molecule has 0 aliphatic heterocycles. The largest absolute Gasteiger partial charge is 0.573 e. The van der Waals surface area contributed by atoms with Crippen LogP contribution < -0.4 is 9.47 Å². The zero-order valence-electron chi connectivity index (χ0n) is 21.6. The van der Waals surface area contributed by atoms with Crippen LogP contribution in [0.25, 0.3) is 33.8 Å². The lowest BCUT2D eigenvalue weighted by Gasteiger charge is -2.09. The second-order valence-electron chi connectivity index (χ2n) is 8.74. The normalized spacial score (nSPS) is 12.2. The summed E-state index contributed by atoms with van der Waals surface area (Å²) in [6.07, 6.45) is -6.73. The van der Waals surface area contributed by atoms with E-state index in [9.17, 15) is 39.5 Å². The second-order valence-corrected chi connectivity index (χ2v) is 8.74. The number of hydrogen-bond acceptors (Lipinski definition) is 6. The number of benzene rings is 2. The highest BCUT2D eigenvalue weighted by molar-refractivity contribution is 5.62. The van der Waals surface area contributed by atoms with Crippen LogP contribution in [0.5, 0.6) is 11.5 Å². The molecule has 0 spiro atoms. The van der Waals surface area contributed by atoms with Gasteiger partial charge in [0.25, 0.3) is 0 Å². The SMILES string of the molecule is FC(F)(F)Oc1ccc(-c2ccc3ncc(C(F)(F)F)n3n2)cc1.FC(F)(F)Oc1ccc(-c2cn3ccnc3cn2)cc1. The number of rotatable bonds is 4. The van der Waals surface area contributed by atoms with Gasteiger partial charge in [0, 0.05) is 29.7 Å². The molecule has 0 amide bonds. The summed E-state index contributed by atoms with van der Waals surface area (Å²) in [6.45, 7) is 0. The molecule has 4 heterocycles. The molecule has 6 aromatic rings. The van der Waals surface area contributed by atoms with E-state index in [0.717, 1.165) is 12.1 Å². The molecule has 6 rings (SSSR count). The number of imidazole rings is 2. The van der Waals surface area contributed by atoms with E-state index >= 15 is 0 Å². The van der Waals surface area contributed by atoms with Gasteiger partial charge in [-0.3, -0.25) is 4.98 Å². The molecule has 0 aliphatic rings. The van der Waals surface area contributed by atoms with Gasteiger partial charge in [-0.25, -0.2) is 14.5 Å². The third kappa shape index (κ3) is 7.34. The summed E-state index contributed by atoms with van der Waals surface area (Å²) < 4.78 is 121. The third-order valence-corrected chi connectivity index (χ3v) is 5.70. The van der Waals surface area contributed by atoms with Crippen LogP contribution >= 0.6 is 0 Å². The monoisotopic (exact) mass is 626 g/mol. The number of halogens is 9. The first-order valence-electron chi connectivity index (χ1n) is 12.1. The predicted molar refractivity (Wildman–Crippen MR) is 135 cm³/mol. The van der Waals surface area contributed by atoms with Crippen molar-refractivity contribution >= 4 is 11.3 Å². The van der Waals surface area contributed by atoms with E-state index in [1.807, 2.05) is 0 Å². The Balaban J connectivity index is 0.000000177. The lowest BCUT2D eigenvalue weighted by Crippen LogP contribution is -2.17. The van der Waals surface area contributed by atoms with Crippen LogP contribution in [0.2, 0.25) is 0 Å². The maximum Gasteiger partial charge on any atom is 0.573 e. The molecule has 228 valence electrons. The van der Waals surface area contributed by atoms with Crippen molar-refractivity contribution in [2.75, 3.05) is 0 Å². The minimum Gasteiger partial charge on any atom is -0.406 e. The molecule has 0 N–H and O–H groups in total. The Morgan fingerprint density at radius 3 is 1.68 bits per heavy atom. The van der Waals surface area contributed by atoms with Gasteiger partial charge in [0.1, 0.15) is 11.5 Å². The van der Waals surface area contributed by atoms with Crippen molar-refractivity contribution in [3.05, 3.63) is 97.3 Å². The van der Waals surface area contributed by atoms with Gasteiger partial charge in [0.2, 0.25) is 0 Å². The highest BCUT2D eigenvalue weighted by Gasteiger charge is 2.35. The number of nitrogens with zero attached hydrogens (tertiary/aromatic N) is 6. The summed E-state index contributed by atoms with van der Waals surface area (Å²) in [7, 11) is 0. The third-order valence-electron chi connectivity index (χ3n) is 5.70. The Bertz CT molecular complexity index is 1880. The summed E-state index contributed by atoms with van der Waals surface area (Å²) in [5, 5.41) is 3.85. The highest BCUT2D eigenvalue weighted by atomic mass is 19.4. The fourth-order valence-corrected chi connectivity index (χ4v) is 3.85. The van der Waals surface area contributed by atoms with Crippen LogP contribution in [0.4, 0.5) is 39.5 Å². The Morgan fingerprint density at radius 2 is 1.14 bits per heavy atom. The predicted octanol–water partition coefficient (Wildman–Crippen LogP) is 7.61. The number of hydrogen-bond donors (Lipinski definition) is 0. The smallest absolute Gasteiger partial charge is 0.406 e. The molecule has 2 aromatic carbocycles. The van der Waals surface area contributed by atoms with E-state index in [4.69, 9.17) is 0 Å². The van der Waals surface area contributed by atoms with Gasteiger partial charge in [-0.05, 0) is 60.7 Å². The van der Waals surface area contributed by atoms with E-state index in [-0.39, 0.29) is 17.1 Å². The molecular formula is C27H15F9N6O2. The van der Waals surface area contributed by atoms with Crippen LogP contribution in [0.3, 0.4) is 0 Å². The average Bonchev–Trinajstić information content (AvgIpc) is 3.59. The standard InChI is InChI=1S/C14H7F6N3O.C13H8F3N3O/c15-13(16,17)11-7-21-12-6-5-10(22-23(11)12)8-1-3-9(4-2-8)24-14(18,19)20;14-13(15,16)20-10-3-1-9(2-4-10)11-8-19-6-5-17-12(19)7-18-11/h1-7H;1-8H. The second kappa shape index (κ2) is 11.4. The van der Waals surface area contributed by atoms with Crippen molar-refractivity contribution in [3.8, 4) is 34.0 Å². The minimum absolute atomic E-state index is 0.00287. The Hall–Kier alpha value is -5.35. The molecule has 0 atom stereocenters. The zero-order chi connectivity index (χ0) is 31.7. The van der Waals surface area contributed by atoms with E-state index in [2.05, 4.69) is 29.5 Å². The average molecular weight is 626 g/mol. The summed E-state index contributed by atoms with van der Waals surface area (Å²) >= 11 is 0. The fourth-order valence-electron chi connectivity index (χ4n) is 3.85. The lowest BCUT2D eigenvalue weighted by atomic mass is 10.1. The van der Waals surface area contributed by atoms with Crippen LogP contribution in [0, 0.1) is 0 Å². The molecule has 4 aromatic heterocycles. The van der Waals surface area contributed by atoms with Gasteiger partial charge in [-0.15, -0.1) is 26.3 Å². The minimum atomic E-state index is -4.82. The Kier molecular flexibility index (Phi) is 7.79. The van der Waals surface area contributed by atoms with Gasteiger partial charge in [0.15, 0.2) is 17.0 Å². The van der Waals surface area contributed by atoms with Crippen LogP contribution in [-0.4, -0.2) is 41.7 Å². The summed E-state index contributed by atoms with van der Waals surface area (Å²) in [6, 6.07) is 12.9. The van der Waals surface area contributed by atoms with Gasteiger partial charge in [-0.2, -0.15) is 18.3 Å². The van der Waals surface area contributed by atoms with E-state index in [1.165, 1.54) is 48.5 Å². The summed E-state index contributed by atoms with van der Waals surface area (Å²) in [5.74, 6) is -0.698. The lowest BCUT2D eigenvalue weighted by molar-refractivity contribution is -0.275. The molecule has 0 saturated heterocycles. The summed E-state index contributed by atoms with van der Waals surface area (Å²) in [4.78, 5) is 11.9. The van der Waals surface area contributed by atoms with Crippen LogP contribution in [0.1, 0.15) is 5.69 Å². The van der Waals surface area contributed by atoms with E-state index < -0.39 is 30.3 Å². The molecule has 17 heteroatoms. The van der Waals surface area contributed by atoms with Gasteiger partial charge >= 0.3 is 18.9 Å². The molecule has 0 unspecified atom stereocenters. The molecule has 0 saturated carbocycles. The number of alkyl halides is 9. The summed E-state index contributed by atoms with van der Waals surface area (Å²) in [5.41, 5.74) is 1.45. The van der Waals surface area contributed by atoms with Crippen LogP contribution in [-0.2, 0) is 6.18 Å². The van der Waals surface area contributed by atoms with Crippen molar-refractivity contribution in [2.24, 2.45) is 0 Å². The highest BCUT2D eigenvalue weighted by Crippen LogP contribution is 2.31. The molecule has 8 nitrogen and oxygen atoms in total. The van der Waals surface area contributed by atoms with E-state index in [1.54, 1.807) is 29.2 Å². The molecule has 0 radical (unpaired) electrons. The molecule has 0 bridgehead atoms. The molecule has 0 fully saturated rings. The van der Waals surface area contributed by atoms with Crippen molar-refractivity contribution in [1.82, 2.24) is 29.0 Å². The topological polar surface area (TPSA) is 78.8 Å². The zero-order valence-corrected chi connectivity index (χ0v) is 21.6. The number of fused-ring (bicyclic) bond motifs is 2. The van der Waals surface area contributed by atoms with Crippen LogP contribution in [0.15, 0.2) is 91.6 Å². The Labute approximate surface area is 240 Å². The van der Waals surface area contributed by atoms with Gasteiger partial charge in [0.05, 0.1) is 23.8 Å².